The van der Waals surface area contributed by atoms with Gasteiger partial charge in [-0.3, -0.25) is 4.72 Å². The molecule has 0 saturated carbocycles. The number of anilines is 3. The van der Waals surface area contributed by atoms with Crippen molar-refractivity contribution in [1.82, 2.24) is 9.97 Å². The van der Waals surface area contributed by atoms with Gasteiger partial charge in [-0.25, -0.2) is 13.2 Å². The zero-order valence-corrected chi connectivity index (χ0v) is 18.0. The minimum Gasteiger partial charge on any atom is -0.481 e. The first-order valence-electron chi connectivity index (χ1n) is 8.72. The highest BCUT2D eigenvalue weighted by Gasteiger charge is 2.17. The lowest BCUT2D eigenvalue weighted by molar-refractivity contribution is 0.262. The summed E-state index contributed by atoms with van der Waals surface area (Å²) in [4.78, 5) is 19.9. The zero-order chi connectivity index (χ0) is 22.4. The Labute approximate surface area is 183 Å². The van der Waals surface area contributed by atoms with Crippen molar-refractivity contribution >= 4 is 44.8 Å². The standard InChI is InChI=1S/C19H18ClN5O5S/c1-29-17-11-16(23-19(24-17)30-2)25-31(27,28)15-9-7-14(8-10-15)22-18(26)21-13-5-3-12(20)4-6-13/h3-11H,1-2H3,(H2,21,22,26)(H,23,24,25). The Hall–Kier alpha value is -3.57. The number of ether oxygens (including phenoxy) is 2. The summed E-state index contributed by atoms with van der Waals surface area (Å²) in [5, 5.41) is 5.80. The van der Waals surface area contributed by atoms with E-state index in [0.717, 1.165) is 0 Å². The summed E-state index contributed by atoms with van der Waals surface area (Å²) in [5.41, 5.74) is 0.955. The van der Waals surface area contributed by atoms with Crippen LogP contribution in [0.3, 0.4) is 0 Å². The first-order chi connectivity index (χ1) is 14.8. The largest absolute Gasteiger partial charge is 0.481 e. The molecule has 3 rings (SSSR count). The summed E-state index contributed by atoms with van der Waals surface area (Å²) < 4.78 is 37.5. The number of hydrogen-bond donors (Lipinski definition) is 3. The fourth-order valence-electron chi connectivity index (χ4n) is 2.39. The molecule has 0 unspecified atom stereocenters. The molecule has 3 aromatic rings. The van der Waals surface area contributed by atoms with Crippen LogP contribution in [0.4, 0.5) is 22.0 Å². The molecule has 0 atom stereocenters. The van der Waals surface area contributed by atoms with Crippen molar-refractivity contribution in [2.75, 3.05) is 29.6 Å². The maximum Gasteiger partial charge on any atom is 0.323 e. The molecule has 1 heterocycles. The van der Waals surface area contributed by atoms with Crippen molar-refractivity contribution in [3.05, 3.63) is 59.6 Å². The van der Waals surface area contributed by atoms with Crippen LogP contribution < -0.4 is 24.8 Å². The minimum absolute atomic E-state index is 0.0201. The monoisotopic (exact) mass is 463 g/mol. The number of carbonyl (C=O) groups excluding carboxylic acids is 1. The molecule has 2 aromatic carbocycles. The van der Waals surface area contributed by atoms with E-state index in [4.69, 9.17) is 21.1 Å². The van der Waals surface area contributed by atoms with Crippen LogP contribution in [0.2, 0.25) is 5.02 Å². The van der Waals surface area contributed by atoms with E-state index in [1.54, 1.807) is 24.3 Å². The van der Waals surface area contributed by atoms with E-state index in [0.29, 0.717) is 16.4 Å². The topological polar surface area (TPSA) is 132 Å². The van der Waals surface area contributed by atoms with Crippen LogP contribution in [0.15, 0.2) is 59.5 Å². The van der Waals surface area contributed by atoms with Crippen molar-refractivity contribution in [3.8, 4) is 11.9 Å². The normalized spacial score (nSPS) is 10.8. The van der Waals surface area contributed by atoms with Gasteiger partial charge in [0.25, 0.3) is 10.0 Å². The van der Waals surface area contributed by atoms with E-state index in [-0.39, 0.29) is 22.6 Å². The van der Waals surface area contributed by atoms with E-state index in [2.05, 4.69) is 25.3 Å². The molecule has 2 amide bonds. The van der Waals surface area contributed by atoms with Crippen LogP contribution >= 0.6 is 11.6 Å². The van der Waals surface area contributed by atoms with Crippen molar-refractivity contribution < 1.29 is 22.7 Å². The van der Waals surface area contributed by atoms with Crippen LogP contribution in [0.5, 0.6) is 11.9 Å². The number of methoxy groups -OCH3 is 2. The smallest absolute Gasteiger partial charge is 0.323 e. The fraction of sp³-hybridized carbons (Fsp3) is 0.105. The quantitative estimate of drug-likeness (QED) is 0.487. The SMILES string of the molecule is COc1cc(NS(=O)(=O)c2ccc(NC(=O)Nc3ccc(Cl)cc3)cc2)nc(OC)n1. The van der Waals surface area contributed by atoms with E-state index in [1.807, 2.05) is 0 Å². The Morgan fingerprint density at radius 3 is 2.03 bits per heavy atom. The average Bonchev–Trinajstić information content (AvgIpc) is 2.75. The summed E-state index contributed by atoms with van der Waals surface area (Å²) in [6.07, 6.45) is 0. The Morgan fingerprint density at radius 2 is 1.48 bits per heavy atom. The Balaban J connectivity index is 1.68. The van der Waals surface area contributed by atoms with Gasteiger partial charge < -0.3 is 20.1 Å². The molecule has 3 N–H and O–H groups in total. The lowest BCUT2D eigenvalue weighted by Gasteiger charge is -2.11. The lowest BCUT2D eigenvalue weighted by atomic mass is 10.3. The van der Waals surface area contributed by atoms with E-state index >= 15 is 0 Å². The summed E-state index contributed by atoms with van der Waals surface area (Å²) in [7, 11) is -1.22. The van der Waals surface area contributed by atoms with Gasteiger partial charge >= 0.3 is 12.0 Å². The number of rotatable bonds is 7. The van der Waals surface area contributed by atoms with E-state index in [9.17, 15) is 13.2 Å². The second kappa shape index (κ2) is 9.49. The summed E-state index contributed by atoms with van der Waals surface area (Å²) in [5.74, 6) is 0.115. The molecule has 0 fully saturated rings. The Kier molecular flexibility index (Phi) is 6.78. The molecule has 0 radical (unpaired) electrons. The van der Waals surface area contributed by atoms with Gasteiger partial charge in [0, 0.05) is 22.5 Å². The highest BCUT2D eigenvalue weighted by atomic mass is 35.5. The molecular formula is C19H18ClN5O5S. The number of hydrogen-bond acceptors (Lipinski definition) is 7. The number of amides is 2. The number of halogens is 1. The minimum atomic E-state index is -3.95. The first-order valence-corrected chi connectivity index (χ1v) is 10.6. The van der Waals surface area contributed by atoms with Crippen LogP contribution in [-0.2, 0) is 10.0 Å². The first kappa shape index (κ1) is 22.1. The van der Waals surface area contributed by atoms with Gasteiger partial charge in [0.2, 0.25) is 5.88 Å². The molecule has 10 nitrogen and oxygen atoms in total. The number of carbonyl (C=O) groups is 1. The predicted molar refractivity (Wildman–Crippen MR) is 116 cm³/mol. The second-order valence-electron chi connectivity index (χ2n) is 6.00. The van der Waals surface area contributed by atoms with Gasteiger partial charge in [0.15, 0.2) is 5.82 Å². The number of sulfonamides is 1. The van der Waals surface area contributed by atoms with E-state index in [1.165, 1.54) is 44.6 Å². The van der Waals surface area contributed by atoms with E-state index < -0.39 is 16.1 Å². The van der Waals surface area contributed by atoms with Crippen LogP contribution in [-0.4, -0.2) is 38.6 Å². The van der Waals surface area contributed by atoms with Crippen LogP contribution in [0.25, 0.3) is 0 Å². The molecule has 0 spiro atoms. The van der Waals surface area contributed by atoms with Crippen molar-refractivity contribution in [1.29, 1.82) is 0 Å². The van der Waals surface area contributed by atoms with Gasteiger partial charge in [-0.2, -0.15) is 9.97 Å². The number of benzene rings is 2. The zero-order valence-electron chi connectivity index (χ0n) is 16.4. The highest BCUT2D eigenvalue weighted by molar-refractivity contribution is 7.92. The van der Waals surface area contributed by atoms with Crippen molar-refractivity contribution in [2.24, 2.45) is 0 Å². The number of urea groups is 1. The summed E-state index contributed by atoms with van der Waals surface area (Å²) >= 11 is 5.81. The molecule has 12 heteroatoms. The molecule has 1 aromatic heterocycles. The van der Waals surface area contributed by atoms with Crippen LogP contribution in [0.1, 0.15) is 0 Å². The average molecular weight is 464 g/mol. The highest BCUT2D eigenvalue weighted by Crippen LogP contribution is 2.22. The third kappa shape index (κ3) is 5.96. The van der Waals surface area contributed by atoms with Crippen molar-refractivity contribution in [3.63, 3.8) is 0 Å². The fourth-order valence-corrected chi connectivity index (χ4v) is 3.51. The Morgan fingerprint density at radius 1 is 0.903 bits per heavy atom. The molecule has 0 aliphatic carbocycles. The van der Waals surface area contributed by atoms with Gasteiger partial charge in [-0.15, -0.1) is 0 Å². The molecule has 0 aliphatic rings. The third-order valence-electron chi connectivity index (χ3n) is 3.84. The third-order valence-corrected chi connectivity index (χ3v) is 5.46. The molecule has 0 aliphatic heterocycles. The molecule has 0 bridgehead atoms. The van der Waals surface area contributed by atoms with Gasteiger partial charge in [0.05, 0.1) is 19.1 Å². The molecule has 162 valence electrons. The lowest BCUT2D eigenvalue weighted by Crippen LogP contribution is -2.19. The second-order valence-corrected chi connectivity index (χ2v) is 8.12. The number of nitrogens with zero attached hydrogens (tertiary/aromatic N) is 2. The summed E-state index contributed by atoms with van der Waals surface area (Å²) in [6.45, 7) is 0. The van der Waals surface area contributed by atoms with Crippen molar-refractivity contribution in [2.45, 2.75) is 4.90 Å². The molecular weight excluding hydrogens is 446 g/mol. The number of nitrogens with one attached hydrogen (secondary N) is 3. The van der Waals surface area contributed by atoms with Crippen LogP contribution in [0, 0.1) is 0 Å². The van der Waals surface area contributed by atoms with Gasteiger partial charge in [-0.1, -0.05) is 11.6 Å². The number of aromatic nitrogens is 2. The maximum atomic E-state index is 12.6. The maximum absolute atomic E-state index is 12.6. The molecule has 31 heavy (non-hydrogen) atoms. The molecule has 0 saturated heterocycles. The van der Waals surface area contributed by atoms with Gasteiger partial charge in [-0.05, 0) is 48.5 Å². The van der Waals surface area contributed by atoms with Gasteiger partial charge in [0.1, 0.15) is 0 Å². The Bertz CT molecular complexity index is 1150. The summed E-state index contributed by atoms with van der Waals surface area (Å²) in [6, 6.07) is 13.0. The predicted octanol–water partition coefficient (Wildman–Crippen LogP) is 3.59.